The first-order valence-corrected chi connectivity index (χ1v) is 9.57. The highest BCUT2D eigenvalue weighted by Crippen LogP contribution is 2.42. The lowest BCUT2D eigenvalue weighted by molar-refractivity contribution is -0.137. The molecule has 2 saturated heterocycles. The van der Waals surface area contributed by atoms with Gasteiger partial charge in [-0.05, 0) is 36.0 Å². The highest BCUT2D eigenvalue weighted by Gasteiger charge is 2.53. The van der Waals surface area contributed by atoms with E-state index in [1.165, 1.54) is 5.56 Å². The quantitative estimate of drug-likeness (QED) is 0.777. The van der Waals surface area contributed by atoms with Gasteiger partial charge < -0.3 is 15.5 Å². The predicted octanol–water partition coefficient (Wildman–Crippen LogP) is 1.70. The van der Waals surface area contributed by atoms with Gasteiger partial charge in [-0.3, -0.25) is 14.4 Å². The zero-order chi connectivity index (χ0) is 19.8. The van der Waals surface area contributed by atoms with E-state index in [-0.39, 0.29) is 28.6 Å². The first-order chi connectivity index (χ1) is 12.7. The maximum atomic E-state index is 12.9. The molecule has 0 saturated carbocycles. The van der Waals surface area contributed by atoms with Crippen molar-refractivity contribution in [1.82, 2.24) is 15.5 Å². The lowest BCUT2D eigenvalue weighted by Gasteiger charge is -2.41. The molecule has 1 atom stereocenters. The smallest absolute Gasteiger partial charge is 0.253 e. The molecule has 0 bridgehead atoms. The van der Waals surface area contributed by atoms with E-state index in [9.17, 15) is 14.4 Å². The Kier molecular flexibility index (Phi) is 5.02. The molecule has 1 aromatic rings. The standard InChI is InChI=1S/C21H29N3O3/c1-20(2,3)15-7-5-14(6-8-15)19(27)24-11-9-21(10-12-24)13-23-18(26)16(21)17(25)22-4/h5-8,16H,9-13H2,1-4H3,(H,22,25)(H,23,26). The van der Waals surface area contributed by atoms with E-state index in [4.69, 9.17) is 0 Å². The molecule has 2 aliphatic heterocycles. The maximum absolute atomic E-state index is 12.9. The third kappa shape index (κ3) is 3.57. The predicted molar refractivity (Wildman–Crippen MR) is 103 cm³/mol. The number of benzene rings is 1. The number of nitrogens with zero attached hydrogens (tertiary/aromatic N) is 1. The van der Waals surface area contributed by atoms with Gasteiger partial charge in [-0.2, -0.15) is 0 Å². The van der Waals surface area contributed by atoms with Crippen molar-refractivity contribution >= 4 is 17.7 Å². The summed E-state index contributed by atoms with van der Waals surface area (Å²) in [6.07, 6.45) is 1.30. The Hall–Kier alpha value is -2.37. The van der Waals surface area contributed by atoms with E-state index < -0.39 is 5.92 Å². The van der Waals surface area contributed by atoms with E-state index in [2.05, 4.69) is 31.4 Å². The maximum Gasteiger partial charge on any atom is 0.253 e. The molecule has 0 aromatic heterocycles. The first-order valence-electron chi connectivity index (χ1n) is 9.57. The summed E-state index contributed by atoms with van der Waals surface area (Å²) in [5.74, 6) is -1.08. The molecular weight excluding hydrogens is 342 g/mol. The van der Waals surface area contributed by atoms with Crippen LogP contribution < -0.4 is 10.6 Å². The van der Waals surface area contributed by atoms with Crippen LogP contribution in [0.2, 0.25) is 0 Å². The van der Waals surface area contributed by atoms with Crippen LogP contribution in [-0.2, 0) is 15.0 Å². The number of amides is 3. The van der Waals surface area contributed by atoms with Crippen LogP contribution in [0.1, 0.15) is 49.5 Å². The minimum absolute atomic E-state index is 0.0130. The topological polar surface area (TPSA) is 78.5 Å². The lowest BCUT2D eigenvalue weighted by atomic mass is 9.70. The molecule has 6 heteroatoms. The minimum atomic E-state index is -0.661. The van der Waals surface area contributed by atoms with Crippen molar-refractivity contribution in [3.63, 3.8) is 0 Å². The van der Waals surface area contributed by atoms with Gasteiger partial charge in [-0.15, -0.1) is 0 Å². The van der Waals surface area contributed by atoms with Crippen LogP contribution in [0.25, 0.3) is 0 Å². The molecule has 27 heavy (non-hydrogen) atoms. The second-order valence-electron chi connectivity index (χ2n) is 8.75. The summed E-state index contributed by atoms with van der Waals surface area (Å²) in [5, 5.41) is 5.44. The summed E-state index contributed by atoms with van der Waals surface area (Å²) < 4.78 is 0. The molecule has 2 N–H and O–H groups in total. The van der Waals surface area contributed by atoms with Gasteiger partial charge in [-0.1, -0.05) is 32.9 Å². The van der Waals surface area contributed by atoms with Crippen molar-refractivity contribution in [1.29, 1.82) is 0 Å². The highest BCUT2D eigenvalue weighted by atomic mass is 16.2. The Morgan fingerprint density at radius 1 is 1.15 bits per heavy atom. The van der Waals surface area contributed by atoms with Gasteiger partial charge in [0.25, 0.3) is 5.91 Å². The molecule has 2 heterocycles. The summed E-state index contributed by atoms with van der Waals surface area (Å²) in [6.45, 7) is 8.06. The van der Waals surface area contributed by atoms with Crippen LogP contribution in [0.15, 0.2) is 24.3 Å². The zero-order valence-corrected chi connectivity index (χ0v) is 16.6. The van der Waals surface area contributed by atoms with E-state index in [1.807, 2.05) is 29.2 Å². The average Bonchev–Trinajstić information content (AvgIpc) is 2.96. The summed E-state index contributed by atoms with van der Waals surface area (Å²) in [5.41, 5.74) is 1.54. The normalized spacial score (nSPS) is 21.9. The number of nitrogens with one attached hydrogen (secondary N) is 2. The number of likely N-dealkylation sites (tertiary alicyclic amines) is 1. The number of rotatable bonds is 2. The molecule has 3 amide bonds. The van der Waals surface area contributed by atoms with E-state index in [1.54, 1.807) is 7.05 Å². The Morgan fingerprint density at radius 3 is 2.26 bits per heavy atom. The summed E-state index contributed by atoms with van der Waals surface area (Å²) in [7, 11) is 1.56. The first kappa shape index (κ1) is 19.4. The number of carbonyl (C=O) groups is 3. The van der Waals surface area contributed by atoms with Crippen LogP contribution in [0.3, 0.4) is 0 Å². The molecule has 2 fully saturated rings. The van der Waals surface area contributed by atoms with Crippen LogP contribution in [0, 0.1) is 11.3 Å². The van der Waals surface area contributed by atoms with Gasteiger partial charge in [0.2, 0.25) is 11.8 Å². The van der Waals surface area contributed by atoms with Crippen molar-refractivity contribution < 1.29 is 14.4 Å². The van der Waals surface area contributed by atoms with Crippen LogP contribution >= 0.6 is 0 Å². The Balaban J connectivity index is 1.69. The average molecular weight is 371 g/mol. The molecule has 2 aliphatic rings. The monoisotopic (exact) mass is 371 g/mol. The number of carbonyl (C=O) groups excluding carboxylic acids is 3. The second-order valence-corrected chi connectivity index (χ2v) is 8.75. The Morgan fingerprint density at radius 2 is 1.74 bits per heavy atom. The van der Waals surface area contributed by atoms with Crippen LogP contribution in [-0.4, -0.2) is 49.3 Å². The SMILES string of the molecule is CNC(=O)C1C(=O)NCC12CCN(C(=O)c1ccc(C(C)(C)C)cc1)CC2. The Bertz CT molecular complexity index is 741. The Labute approximate surface area is 160 Å². The van der Waals surface area contributed by atoms with E-state index in [0.717, 1.165) is 0 Å². The molecular formula is C21H29N3O3. The largest absolute Gasteiger partial charge is 0.358 e. The number of hydrogen-bond acceptors (Lipinski definition) is 3. The van der Waals surface area contributed by atoms with Gasteiger partial charge in [0.1, 0.15) is 5.92 Å². The van der Waals surface area contributed by atoms with Gasteiger partial charge in [0.05, 0.1) is 0 Å². The summed E-state index contributed by atoms with van der Waals surface area (Å²) in [4.78, 5) is 39.0. The zero-order valence-electron chi connectivity index (χ0n) is 16.6. The van der Waals surface area contributed by atoms with Crippen LogP contribution in [0.5, 0.6) is 0 Å². The van der Waals surface area contributed by atoms with E-state index in [0.29, 0.717) is 38.0 Å². The third-order valence-electron chi connectivity index (χ3n) is 6.04. The fourth-order valence-electron chi connectivity index (χ4n) is 4.20. The third-order valence-corrected chi connectivity index (χ3v) is 6.04. The van der Waals surface area contributed by atoms with Crippen molar-refractivity contribution in [2.45, 2.75) is 39.0 Å². The molecule has 1 unspecified atom stereocenters. The number of piperidine rings is 1. The van der Waals surface area contributed by atoms with Gasteiger partial charge in [-0.25, -0.2) is 0 Å². The fourth-order valence-corrected chi connectivity index (χ4v) is 4.20. The molecule has 146 valence electrons. The molecule has 0 aliphatic carbocycles. The molecule has 3 rings (SSSR count). The van der Waals surface area contributed by atoms with Crippen molar-refractivity contribution in [2.75, 3.05) is 26.7 Å². The van der Waals surface area contributed by atoms with Crippen LogP contribution in [0.4, 0.5) is 0 Å². The molecule has 1 aromatic carbocycles. The summed E-state index contributed by atoms with van der Waals surface area (Å²) >= 11 is 0. The van der Waals surface area contributed by atoms with Crippen molar-refractivity contribution in [3.05, 3.63) is 35.4 Å². The van der Waals surface area contributed by atoms with E-state index >= 15 is 0 Å². The molecule has 1 spiro atoms. The molecule has 6 nitrogen and oxygen atoms in total. The molecule has 0 radical (unpaired) electrons. The van der Waals surface area contributed by atoms with Gasteiger partial charge in [0.15, 0.2) is 0 Å². The fraction of sp³-hybridized carbons (Fsp3) is 0.571. The highest BCUT2D eigenvalue weighted by molar-refractivity contribution is 6.03. The van der Waals surface area contributed by atoms with Crippen molar-refractivity contribution in [3.8, 4) is 0 Å². The second kappa shape index (κ2) is 6.98. The van der Waals surface area contributed by atoms with Crippen molar-refractivity contribution in [2.24, 2.45) is 11.3 Å². The van der Waals surface area contributed by atoms with Gasteiger partial charge in [0, 0.05) is 37.7 Å². The van der Waals surface area contributed by atoms with Gasteiger partial charge >= 0.3 is 0 Å². The number of hydrogen-bond donors (Lipinski definition) is 2. The lowest BCUT2D eigenvalue weighted by Crippen LogP contribution is -2.50. The summed E-state index contributed by atoms with van der Waals surface area (Å²) in [6, 6.07) is 7.81. The minimum Gasteiger partial charge on any atom is -0.358 e.